The third-order valence-electron chi connectivity index (χ3n) is 2.55. The van der Waals surface area contributed by atoms with E-state index in [0.717, 1.165) is 24.3 Å². The summed E-state index contributed by atoms with van der Waals surface area (Å²) >= 11 is 0. The van der Waals surface area contributed by atoms with Crippen LogP contribution in [0.4, 0.5) is 26.3 Å². The van der Waals surface area contributed by atoms with Crippen molar-refractivity contribution >= 4 is 17.8 Å². The van der Waals surface area contributed by atoms with Crippen LogP contribution in [0.3, 0.4) is 0 Å². The Hall–Kier alpha value is -2.59. The smallest absolute Gasteiger partial charge is 0.420 e. The Bertz CT molecular complexity index is 662. The van der Waals surface area contributed by atoms with E-state index in [9.17, 15) is 35.9 Å². The predicted molar refractivity (Wildman–Crippen MR) is 60.5 cm³/mol. The maximum Gasteiger partial charge on any atom is 0.491 e. The quantitative estimate of drug-likeness (QED) is 0.471. The highest BCUT2D eigenvalue weighted by atomic mass is 19.4. The Balaban J connectivity index is 2.16. The van der Waals surface area contributed by atoms with Crippen molar-refractivity contribution in [2.24, 2.45) is 4.99 Å². The molecule has 0 radical (unpaired) electrons. The predicted octanol–water partition coefficient (Wildman–Crippen LogP) is 2.71. The van der Waals surface area contributed by atoms with Gasteiger partial charge in [0.05, 0.1) is 0 Å². The van der Waals surface area contributed by atoms with E-state index in [1.807, 2.05) is 0 Å². The van der Waals surface area contributed by atoms with Crippen LogP contribution in [0, 0.1) is 0 Å². The molecule has 0 aromatic heterocycles. The molecule has 1 aliphatic heterocycles. The first-order valence-corrected chi connectivity index (χ1v) is 5.74. The number of nitrogens with zero attached hydrogens (tertiary/aromatic N) is 1. The number of hydrogen-bond donors (Lipinski definition) is 0. The number of cyclic esters (lactones) is 1. The van der Waals surface area contributed by atoms with Gasteiger partial charge in [-0.15, -0.1) is 0 Å². The number of esters is 2. The molecule has 0 amide bonds. The summed E-state index contributed by atoms with van der Waals surface area (Å²) in [6.07, 6.45) is -10.1. The van der Waals surface area contributed by atoms with Gasteiger partial charge >= 0.3 is 30.2 Å². The molecule has 0 bridgehead atoms. The molecule has 2 rings (SSSR count). The number of carbonyl (C=O) groups excluding carboxylic acids is 2. The van der Waals surface area contributed by atoms with Crippen molar-refractivity contribution in [3.8, 4) is 5.75 Å². The number of carbonyl (C=O) groups is 2. The van der Waals surface area contributed by atoms with Gasteiger partial charge < -0.3 is 9.47 Å². The number of aliphatic imine (C=N–C) groups is 1. The van der Waals surface area contributed by atoms with Crippen LogP contribution >= 0.6 is 0 Å². The minimum absolute atomic E-state index is 0.0685. The molecule has 1 unspecified atom stereocenters. The van der Waals surface area contributed by atoms with E-state index >= 15 is 0 Å². The Morgan fingerprint density at radius 1 is 1.09 bits per heavy atom. The number of halogens is 6. The van der Waals surface area contributed by atoms with E-state index in [1.165, 1.54) is 0 Å². The summed E-state index contributed by atoms with van der Waals surface area (Å²) in [7, 11) is 0. The molecule has 1 aliphatic rings. The molecule has 1 aromatic carbocycles. The van der Waals surface area contributed by atoms with Crippen LogP contribution in [0.25, 0.3) is 0 Å². The van der Waals surface area contributed by atoms with Crippen molar-refractivity contribution in [1.82, 2.24) is 0 Å². The van der Waals surface area contributed by atoms with Gasteiger partial charge in [0, 0.05) is 0 Å². The second-order valence-electron chi connectivity index (χ2n) is 4.21. The molecule has 23 heavy (non-hydrogen) atoms. The Morgan fingerprint density at radius 3 is 2.09 bits per heavy atom. The van der Waals surface area contributed by atoms with Crippen molar-refractivity contribution in [1.29, 1.82) is 0 Å². The fourth-order valence-electron chi connectivity index (χ4n) is 1.57. The lowest BCUT2D eigenvalue weighted by atomic mass is 10.1. The van der Waals surface area contributed by atoms with E-state index in [2.05, 4.69) is 14.5 Å². The van der Waals surface area contributed by atoms with Crippen molar-refractivity contribution in [3.63, 3.8) is 0 Å². The average molecular weight is 341 g/mol. The lowest BCUT2D eigenvalue weighted by Gasteiger charge is -2.08. The van der Waals surface area contributed by atoms with Crippen molar-refractivity contribution in [2.45, 2.75) is 18.4 Å². The Kier molecular flexibility index (Phi) is 4.05. The zero-order chi connectivity index (χ0) is 17.4. The Labute approximate surface area is 123 Å². The van der Waals surface area contributed by atoms with Crippen molar-refractivity contribution in [2.75, 3.05) is 0 Å². The molecule has 0 saturated carbocycles. The van der Waals surface area contributed by atoms with Crippen LogP contribution in [0.1, 0.15) is 11.6 Å². The standard InChI is InChI=1S/C12H5F6NO4/c13-11(14,15)9-19-7(8(20)23-9)5-1-3-6(4-2-5)22-10(21)12(16,17)18/h1-4,7H. The molecule has 1 aromatic rings. The summed E-state index contributed by atoms with van der Waals surface area (Å²) in [5, 5.41) is 0. The van der Waals surface area contributed by atoms with Crippen molar-refractivity contribution < 1.29 is 45.4 Å². The normalized spacial score (nSPS) is 18.4. The molecule has 0 spiro atoms. The molecule has 5 nitrogen and oxygen atoms in total. The average Bonchev–Trinajstić information content (AvgIpc) is 2.80. The number of ether oxygens (including phenoxy) is 2. The van der Waals surface area contributed by atoms with Crippen LogP contribution in [-0.4, -0.2) is 30.2 Å². The number of alkyl halides is 6. The zero-order valence-corrected chi connectivity index (χ0v) is 10.7. The van der Waals surface area contributed by atoms with E-state index in [-0.39, 0.29) is 5.56 Å². The lowest BCUT2D eigenvalue weighted by Crippen LogP contribution is -2.27. The molecule has 0 fully saturated rings. The monoisotopic (exact) mass is 341 g/mol. The first-order valence-electron chi connectivity index (χ1n) is 5.74. The SMILES string of the molecule is O=C1OC(C(F)(F)F)=NC1c1ccc(OC(=O)C(F)(F)F)cc1. The molecular formula is C12H5F6NO4. The van der Waals surface area contributed by atoms with Crippen molar-refractivity contribution in [3.05, 3.63) is 29.8 Å². The van der Waals surface area contributed by atoms with Gasteiger partial charge in [0.15, 0.2) is 6.04 Å². The van der Waals surface area contributed by atoms with Crippen LogP contribution in [0.2, 0.25) is 0 Å². The molecule has 1 atom stereocenters. The fourth-order valence-corrected chi connectivity index (χ4v) is 1.57. The van der Waals surface area contributed by atoms with E-state index < -0.39 is 42.0 Å². The summed E-state index contributed by atoms with van der Waals surface area (Å²) in [5.41, 5.74) is -0.0685. The maximum atomic E-state index is 12.4. The maximum absolute atomic E-state index is 12.4. The lowest BCUT2D eigenvalue weighted by molar-refractivity contribution is -0.189. The van der Waals surface area contributed by atoms with Crippen LogP contribution < -0.4 is 4.74 Å². The first kappa shape index (κ1) is 16.8. The van der Waals surface area contributed by atoms with Gasteiger partial charge in [-0.2, -0.15) is 26.3 Å². The van der Waals surface area contributed by atoms with Gasteiger partial charge in [-0.1, -0.05) is 12.1 Å². The van der Waals surface area contributed by atoms with Gasteiger partial charge in [-0.25, -0.2) is 14.6 Å². The highest BCUT2D eigenvalue weighted by molar-refractivity contribution is 6.00. The summed E-state index contributed by atoms with van der Waals surface area (Å²) in [6.45, 7) is 0. The minimum Gasteiger partial charge on any atom is -0.420 e. The number of hydrogen-bond acceptors (Lipinski definition) is 5. The number of rotatable bonds is 2. The molecule has 0 aliphatic carbocycles. The topological polar surface area (TPSA) is 65.0 Å². The molecule has 0 N–H and O–H groups in total. The summed E-state index contributed by atoms with van der Waals surface area (Å²) < 4.78 is 81.1. The largest absolute Gasteiger partial charge is 0.491 e. The van der Waals surface area contributed by atoms with Gasteiger partial charge in [-0.05, 0) is 17.7 Å². The van der Waals surface area contributed by atoms with Crippen LogP contribution in [0.15, 0.2) is 29.3 Å². The van der Waals surface area contributed by atoms with Gasteiger partial charge in [0.2, 0.25) is 0 Å². The molecule has 124 valence electrons. The summed E-state index contributed by atoms with van der Waals surface area (Å²) in [5.74, 6) is -5.94. The third-order valence-corrected chi connectivity index (χ3v) is 2.55. The molecular weight excluding hydrogens is 336 g/mol. The van der Waals surface area contributed by atoms with Gasteiger partial charge in [-0.3, -0.25) is 0 Å². The highest BCUT2D eigenvalue weighted by Gasteiger charge is 2.46. The van der Waals surface area contributed by atoms with Crippen LogP contribution in [-0.2, 0) is 14.3 Å². The van der Waals surface area contributed by atoms with E-state index in [4.69, 9.17) is 0 Å². The zero-order valence-electron chi connectivity index (χ0n) is 10.7. The molecule has 11 heteroatoms. The number of benzene rings is 1. The van der Waals surface area contributed by atoms with E-state index in [1.54, 1.807) is 0 Å². The second-order valence-corrected chi connectivity index (χ2v) is 4.21. The third kappa shape index (κ3) is 3.79. The molecule has 1 heterocycles. The van der Waals surface area contributed by atoms with Gasteiger partial charge in [0.1, 0.15) is 5.75 Å². The fraction of sp³-hybridized carbons (Fsp3) is 0.250. The Morgan fingerprint density at radius 2 is 1.65 bits per heavy atom. The molecule has 0 saturated heterocycles. The summed E-state index contributed by atoms with van der Waals surface area (Å²) in [6, 6.07) is 2.15. The highest BCUT2D eigenvalue weighted by Crippen LogP contribution is 2.31. The van der Waals surface area contributed by atoms with Crippen LogP contribution in [0.5, 0.6) is 5.75 Å². The van der Waals surface area contributed by atoms with Gasteiger partial charge in [0.25, 0.3) is 0 Å². The second kappa shape index (κ2) is 5.56. The van der Waals surface area contributed by atoms with E-state index in [0.29, 0.717) is 0 Å². The first-order chi connectivity index (χ1) is 10.5. The summed E-state index contributed by atoms with van der Waals surface area (Å²) in [4.78, 5) is 25.0. The minimum atomic E-state index is -5.19.